The maximum absolute atomic E-state index is 12.0. The van der Waals surface area contributed by atoms with Crippen LogP contribution in [0.4, 0.5) is 0 Å². The van der Waals surface area contributed by atoms with Crippen LogP contribution in [0, 0.1) is 0 Å². The smallest absolute Gasteiger partial charge is 0.246 e. The lowest BCUT2D eigenvalue weighted by Gasteiger charge is -2.25. The summed E-state index contributed by atoms with van der Waals surface area (Å²) in [5, 5.41) is 11.4. The van der Waals surface area contributed by atoms with E-state index in [4.69, 9.17) is 9.47 Å². The highest BCUT2D eigenvalue weighted by Gasteiger charge is 2.23. The van der Waals surface area contributed by atoms with Crippen LogP contribution in [0.1, 0.15) is 25.0 Å². The first-order chi connectivity index (χ1) is 12.3. The molecule has 3 rings (SSSR count). The molecule has 0 aliphatic carbocycles. The van der Waals surface area contributed by atoms with Crippen molar-refractivity contribution in [3.8, 4) is 5.75 Å². The predicted molar refractivity (Wildman–Crippen MR) is 92.4 cm³/mol. The quantitative estimate of drug-likeness (QED) is 0.732. The molecule has 0 saturated heterocycles. The van der Waals surface area contributed by atoms with Crippen LogP contribution in [-0.4, -0.2) is 46.5 Å². The van der Waals surface area contributed by atoms with Crippen molar-refractivity contribution in [2.75, 3.05) is 19.8 Å². The Morgan fingerprint density at radius 2 is 2.12 bits per heavy atom. The molecule has 0 fully saturated rings. The molecular formula is C18H24N4O3. The summed E-state index contributed by atoms with van der Waals surface area (Å²) in [5.74, 6) is 2.69. The van der Waals surface area contributed by atoms with Crippen LogP contribution in [0.5, 0.6) is 5.75 Å². The molecule has 0 unspecified atom stereocenters. The Morgan fingerprint density at radius 1 is 1.28 bits per heavy atom. The Morgan fingerprint density at radius 3 is 2.92 bits per heavy atom. The first-order valence-electron chi connectivity index (χ1n) is 8.72. The van der Waals surface area contributed by atoms with Gasteiger partial charge in [0.25, 0.3) is 0 Å². The van der Waals surface area contributed by atoms with Crippen molar-refractivity contribution < 1.29 is 14.3 Å². The molecule has 2 heterocycles. The molecule has 0 spiro atoms. The number of nitrogens with zero attached hydrogens (tertiary/aromatic N) is 3. The van der Waals surface area contributed by atoms with Crippen molar-refractivity contribution in [1.29, 1.82) is 0 Å². The standard InChI is InChI=1S/C18H24N4O3/c1-2-16-20-21-17-9-8-14(12-22(16)17)19-18(23)13-24-10-11-25-15-6-4-3-5-7-15/h3-7,14H,2,8-13H2,1H3,(H,19,23)/t14-/m0/s1. The Balaban J connectivity index is 1.34. The van der Waals surface area contributed by atoms with Crippen LogP contribution in [-0.2, 0) is 28.9 Å². The fraction of sp³-hybridized carbons (Fsp3) is 0.500. The van der Waals surface area contributed by atoms with E-state index in [2.05, 4.69) is 27.0 Å². The van der Waals surface area contributed by atoms with Crippen molar-refractivity contribution in [1.82, 2.24) is 20.1 Å². The Kier molecular flexibility index (Phi) is 6.00. The van der Waals surface area contributed by atoms with Crippen LogP contribution in [0.3, 0.4) is 0 Å². The third-order valence-electron chi connectivity index (χ3n) is 4.18. The molecule has 2 aromatic rings. The summed E-state index contributed by atoms with van der Waals surface area (Å²) in [5.41, 5.74) is 0. The van der Waals surface area contributed by atoms with Crippen molar-refractivity contribution >= 4 is 5.91 Å². The third-order valence-corrected chi connectivity index (χ3v) is 4.18. The van der Waals surface area contributed by atoms with Crippen molar-refractivity contribution in [3.05, 3.63) is 42.0 Å². The first-order valence-corrected chi connectivity index (χ1v) is 8.72. The summed E-state index contributed by atoms with van der Waals surface area (Å²) in [4.78, 5) is 12.0. The number of nitrogens with one attached hydrogen (secondary N) is 1. The Bertz CT molecular complexity index is 673. The summed E-state index contributed by atoms with van der Waals surface area (Å²) >= 11 is 0. The van der Waals surface area contributed by atoms with Gasteiger partial charge in [-0.25, -0.2) is 0 Å². The normalized spacial score (nSPS) is 16.3. The number of benzene rings is 1. The maximum Gasteiger partial charge on any atom is 0.246 e. The van der Waals surface area contributed by atoms with E-state index in [9.17, 15) is 4.79 Å². The summed E-state index contributed by atoms with van der Waals surface area (Å²) in [6, 6.07) is 9.65. The minimum Gasteiger partial charge on any atom is -0.491 e. The number of aromatic nitrogens is 3. The highest BCUT2D eigenvalue weighted by atomic mass is 16.5. The van der Waals surface area contributed by atoms with Gasteiger partial charge < -0.3 is 19.4 Å². The number of amides is 1. The fourth-order valence-electron chi connectivity index (χ4n) is 2.93. The Hall–Kier alpha value is -2.41. The van der Waals surface area contributed by atoms with E-state index in [1.807, 2.05) is 30.3 Å². The molecule has 0 saturated carbocycles. The molecule has 1 amide bonds. The zero-order chi connectivity index (χ0) is 17.5. The molecule has 0 radical (unpaired) electrons. The van der Waals surface area contributed by atoms with E-state index in [0.717, 1.165) is 43.2 Å². The largest absolute Gasteiger partial charge is 0.491 e. The number of aryl methyl sites for hydroxylation is 2. The van der Waals surface area contributed by atoms with Gasteiger partial charge in [-0.2, -0.15) is 0 Å². The van der Waals surface area contributed by atoms with E-state index in [1.54, 1.807) is 0 Å². The number of para-hydroxylation sites is 1. The van der Waals surface area contributed by atoms with Gasteiger partial charge in [-0.05, 0) is 18.6 Å². The summed E-state index contributed by atoms with van der Waals surface area (Å²) < 4.78 is 13.0. The lowest BCUT2D eigenvalue weighted by molar-refractivity contribution is -0.126. The van der Waals surface area contributed by atoms with E-state index < -0.39 is 0 Å². The number of rotatable bonds is 8. The lowest BCUT2D eigenvalue weighted by Crippen LogP contribution is -2.43. The molecule has 1 aromatic carbocycles. The second-order valence-electron chi connectivity index (χ2n) is 6.01. The predicted octanol–water partition coefficient (Wildman–Crippen LogP) is 1.37. The van der Waals surface area contributed by atoms with Gasteiger partial charge in [0.05, 0.1) is 6.61 Å². The van der Waals surface area contributed by atoms with Crippen LogP contribution >= 0.6 is 0 Å². The molecule has 1 aliphatic rings. The second-order valence-corrected chi connectivity index (χ2v) is 6.01. The minimum absolute atomic E-state index is 0.0460. The van der Waals surface area contributed by atoms with E-state index in [-0.39, 0.29) is 18.6 Å². The average Bonchev–Trinajstić information content (AvgIpc) is 3.04. The molecule has 0 bridgehead atoms. The fourth-order valence-corrected chi connectivity index (χ4v) is 2.93. The monoisotopic (exact) mass is 344 g/mol. The Labute approximate surface area is 147 Å². The van der Waals surface area contributed by atoms with Crippen LogP contribution in [0.25, 0.3) is 0 Å². The van der Waals surface area contributed by atoms with E-state index >= 15 is 0 Å². The van der Waals surface area contributed by atoms with E-state index in [0.29, 0.717) is 13.2 Å². The number of hydrogen-bond donors (Lipinski definition) is 1. The number of hydrogen-bond acceptors (Lipinski definition) is 5. The van der Waals surface area contributed by atoms with Gasteiger partial charge in [0.1, 0.15) is 30.6 Å². The highest BCUT2D eigenvalue weighted by Crippen LogP contribution is 2.15. The van der Waals surface area contributed by atoms with Gasteiger partial charge in [0, 0.05) is 25.4 Å². The molecule has 1 N–H and O–H groups in total. The number of carbonyl (C=O) groups is 1. The molecular weight excluding hydrogens is 320 g/mol. The zero-order valence-corrected chi connectivity index (χ0v) is 14.5. The molecule has 25 heavy (non-hydrogen) atoms. The second kappa shape index (κ2) is 8.62. The number of carbonyl (C=O) groups excluding carboxylic acids is 1. The topological polar surface area (TPSA) is 78.3 Å². The zero-order valence-electron chi connectivity index (χ0n) is 14.5. The highest BCUT2D eigenvalue weighted by molar-refractivity contribution is 5.77. The minimum atomic E-state index is -0.0979. The van der Waals surface area contributed by atoms with Gasteiger partial charge >= 0.3 is 0 Å². The lowest BCUT2D eigenvalue weighted by atomic mass is 10.1. The molecule has 1 atom stereocenters. The molecule has 7 heteroatoms. The van der Waals surface area contributed by atoms with Crippen molar-refractivity contribution in [2.45, 2.75) is 38.8 Å². The SMILES string of the molecule is CCc1nnc2n1C[C@@H](NC(=O)COCCOc1ccccc1)CC2. The molecule has 134 valence electrons. The van der Waals surface area contributed by atoms with Crippen LogP contribution < -0.4 is 10.1 Å². The van der Waals surface area contributed by atoms with Crippen molar-refractivity contribution in [2.24, 2.45) is 0 Å². The third kappa shape index (κ3) is 4.79. The van der Waals surface area contributed by atoms with Crippen LogP contribution in [0.15, 0.2) is 30.3 Å². The molecule has 1 aliphatic heterocycles. The van der Waals surface area contributed by atoms with Gasteiger partial charge in [-0.15, -0.1) is 10.2 Å². The van der Waals surface area contributed by atoms with Gasteiger partial charge in [0.2, 0.25) is 5.91 Å². The first kappa shape index (κ1) is 17.4. The maximum atomic E-state index is 12.0. The summed E-state index contributed by atoms with van der Waals surface area (Å²) in [7, 11) is 0. The molecule has 7 nitrogen and oxygen atoms in total. The van der Waals surface area contributed by atoms with Gasteiger partial charge in [-0.3, -0.25) is 4.79 Å². The summed E-state index contributed by atoms with van der Waals surface area (Å²) in [6.45, 7) is 3.64. The van der Waals surface area contributed by atoms with E-state index in [1.165, 1.54) is 0 Å². The van der Waals surface area contributed by atoms with Crippen LogP contribution in [0.2, 0.25) is 0 Å². The van der Waals surface area contributed by atoms with Gasteiger partial charge in [-0.1, -0.05) is 25.1 Å². The van der Waals surface area contributed by atoms with Gasteiger partial charge in [0.15, 0.2) is 0 Å². The average molecular weight is 344 g/mol. The molecule has 1 aromatic heterocycles. The number of fused-ring (bicyclic) bond motifs is 1. The number of ether oxygens (including phenoxy) is 2. The summed E-state index contributed by atoms with van der Waals surface area (Å²) in [6.07, 6.45) is 2.56. The van der Waals surface area contributed by atoms with Crippen molar-refractivity contribution in [3.63, 3.8) is 0 Å².